The van der Waals surface area contributed by atoms with Crippen molar-refractivity contribution in [1.29, 1.82) is 0 Å². The Morgan fingerprint density at radius 1 is 1.08 bits per heavy atom. The van der Waals surface area contributed by atoms with Crippen molar-refractivity contribution in [2.45, 2.75) is 43.6 Å². The first-order chi connectivity index (χ1) is 18.7. The van der Waals surface area contributed by atoms with Gasteiger partial charge in [-0.3, -0.25) is 4.79 Å². The highest BCUT2D eigenvalue weighted by molar-refractivity contribution is 9.10. The summed E-state index contributed by atoms with van der Waals surface area (Å²) in [6.45, 7) is 8.25. The standard InChI is InChI=1S/C31H28BrN3O3S/c1-18(2)24-16-25(20(4)14-28(24)37-5)29-34-27-9-7-6-8-23(27)30(36)35(29)33-17-21-15-26(32)31(38-21)39-22-12-10-19(3)11-13-22/h6-18H,1-5H3. The third-order valence-corrected chi connectivity index (χ3v) is 8.25. The smallest absolute Gasteiger partial charge is 0.282 e. The van der Waals surface area contributed by atoms with Gasteiger partial charge in [0, 0.05) is 16.5 Å². The summed E-state index contributed by atoms with van der Waals surface area (Å²) in [5.74, 6) is 1.99. The molecule has 198 valence electrons. The molecule has 0 N–H and O–H groups in total. The third-order valence-electron chi connectivity index (χ3n) is 6.40. The summed E-state index contributed by atoms with van der Waals surface area (Å²) in [5.41, 5.74) is 4.33. The minimum Gasteiger partial charge on any atom is -0.496 e. The summed E-state index contributed by atoms with van der Waals surface area (Å²) in [4.78, 5) is 19.6. The molecule has 5 aromatic rings. The Balaban J connectivity index is 1.61. The van der Waals surface area contributed by atoms with Gasteiger partial charge in [0.05, 0.1) is 28.7 Å². The van der Waals surface area contributed by atoms with E-state index in [-0.39, 0.29) is 11.5 Å². The van der Waals surface area contributed by atoms with E-state index in [4.69, 9.17) is 14.1 Å². The molecule has 8 heteroatoms. The molecule has 0 saturated carbocycles. The average Bonchev–Trinajstić information content (AvgIpc) is 3.27. The van der Waals surface area contributed by atoms with Crippen LogP contribution < -0.4 is 10.3 Å². The van der Waals surface area contributed by atoms with Crippen LogP contribution in [0.4, 0.5) is 0 Å². The number of ether oxygens (including phenoxy) is 1. The summed E-state index contributed by atoms with van der Waals surface area (Å²) in [7, 11) is 1.67. The average molecular weight is 603 g/mol. The van der Waals surface area contributed by atoms with E-state index in [2.05, 4.69) is 66.1 Å². The first-order valence-corrected chi connectivity index (χ1v) is 14.1. The van der Waals surface area contributed by atoms with Crippen LogP contribution in [0.15, 0.2) is 95.5 Å². The maximum absolute atomic E-state index is 13.7. The lowest BCUT2D eigenvalue weighted by atomic mass is 9.96. The lowest BCUT2D eigenvalue weighted by molar-refractivity contribution is 0.407. The number of hydrogen-bond donors (Lipinski definition) is 0. The second-order valence-corrected chi connectivity index (χ2v) is 11.5. The normalized spacial score (nSPS) is 11.7. The van der Waals surface area contributed by atoms with Gasteiger partial charge < -0.3 is 9.15 Å². The number of para-hydroxylation sites is 1. The SMILES string of the molecule is COc1cc(C)c(-c2nc3ccccc3c(=O)n2N=Cc2cc(Br)c(Sc3ccc(C)cc3)o2)cc1C(C)C. The number of halogens is 1. The molecule has 0 aliphatic heterocycles. The molecule has 0 unspecified atom stereocenters. The Labute approximate surface area is 239 Å². The van der Waals surface area contributed by atoms with E-state index in [1.54, 1.807) is 19.4 Å². The van der Waals surface area contributed by atoms with E-state index in [0.29, 0.717) is 27.6 Å². The van der Waals surface area contributed by atoms with Crippen LogP contribution in [0.1, 0.15) is 42.2 Å². The molecule has 3 aromatic carbocycles. The zero-order valence-electron chi connectivity index (χ0n) is 22.4. The van der Waals surface area contributed by atoms with E-state index in [9.17, 15) is 4.79 Å². The fraction of sp³-hybridized carbons (Fsp3) is 0.194. The van der Waals surface area contributed by atoms with Crippen LogP contribution in [0.3, 0.4) is 0 Å². The monoisotopic (exact) mass is 601 g/mol. The fourth-order valence-corrected chi connectivity index (χ4v) is 5.63. The van der Waals surface area contributed by atoms with Gasteiger partial charge in [0.15, 0.2) is 10.9 Å². The topological polar surface area (TPSA) is 69.6 Å². The van der Waals surface area contributed by atoms with Gasteiger partial charge in [-0.25, -0.2) is 4.98 Å². The summed E-state index contributed by atoms with van der Waals surface area (Å²) in [6, 6.07) is 21.4. The number of methoxy groups -OCH3 is 1. The summed E-state index contributed by atoms with van der Waals surface area (Å²) < 4.78 is 13.9. The maximum atomic E-state index is 13.7. The first kappa shape index (κ1) is 27.0. The molecule has 0 aliphatic rings. The molecule has 2 aromatic heterocycles. The number of hydrogen-bond acceptors (Lipinski definition) is 6. The Morgan fingerprint density at radius 3 is 2.54 bits per heavy atom. The zero-order valence-corrected chi connectivity index (χ0v) is 24.8. The molecule has 0 fully saturated rings. The molecule has 5 rings (SSSR count). The molecule has 0 aliphatic carbocycles. The Morgan fingerprint density at radius 2 is 1.82 bits per heavy atom. The number of rotatable bonds is 7. The lowest BCUT2D eigenvalue weighted by Crippen LogP contribution is -2.20. The van der Waals surface area contributed by atoms with Crippen LogP contribution in [0.2, 0.25) is 0 Å². The van der Waals surface area contributed by atoms with Crippen LogP contribution >= 0.6 is 27.7 Å². The molecule has 0 bridgehead atoms. The largest absolute Gasteiger partial charge is 0.496 e. The molecular formula is C31H28BrN3O3S. The third kappa shape index (κ3) is 5.58. The molecule has 0 radical (unpaired) electrons. The molecular weight excluding hydrogens is 574 g/mol. The maximum Gasteiger partial charge on any atom is 0.282 e. The summed E-state index contributed by atoms with van der Waals surface area (Å²) in [5, 5.41) is 5.79. The molecule has 0 amide bonds. The van der Waals surface area contributed by atoms with Crippen LogP contribution in [-0.4, -0.2) is 23.0 Å². The Hall–Kier alpha value is -3.62. The van der Waals surface area contributed by atoms with Crippen LogP contribution in [0, 0.1) is 13.8 Å². The van der Waals surface area contributed by atoms with E-state index >= 15 is 0 Å². The molecule has 0 spiro atoms. The van der Waals surface area contributed by atoms with E-state index < -0.39 is 0 Å². The van der Waals surface area contributed by atoms with Crippen molar-refractivity contribution >= 4 is 44.8 Å². The summed E-state index contributed by atoms with van der Waals surface area (Å²) >= 11 is 5.10. The molecule has 6 nitrogen and oxygen atoms in total. The van der Waals surface area contributed by atoms with E-state index in [1.807, 2.05) is 43.3 Å². The van der Waals surface area contributed by atoms with Crippen molar-refractivity contribution in [3.05, 3.63) is 104 Å². The second kappa shape index (κ2) is 11.2. The van der Waals surface area contributed by atoms with Crippen molar-refractivity contribution < 1.29 is 9.15 Å². The highest BCUT2D eigenvalue weighted by atomic mass is 79.9. The lowest BCUT2D eigenvalue weighted by Gasteiger charge is -2.17. The van der Waals surface area contributed by atoms with Gasteiger partial charge in [-0.05, 0) is 83.2 Å². The molecule has 2 heterocycles. The van der Waals surface area contributed by atoms with E-state index in [1.165, 1.54) is 22.0 Å². The van der Waals surface area contributed by atoms with Gasteiger partial charge in [0.2, 0.25) is 0 Å². The van der Waals surface area contributed by atoms with Crippen molar-refractivity contribution in [3.63, 3.8) is 0 Å². The quantitative estimate of drug-likeness (QED) is 0.176. The predicted molar refractivity (Wildman–Crippen MR) is 162 cm³/mol. The first-order valence-electron chi connectivity index (χ1n) is 12.5. The van der Waals surface area contributed by atoms with Crippen molar-refractivity contribution in [3.8, 4) is 17.1 Å². The Bertz CT molecular complexity index is 1750. The fourth-order valence-electron chi connectivity index (χ4n) is 4.30. The number of fused-ring (bicyclic) bond motifs is 1. The van der Waals surface area contributed by atoms with Crippen LogP contribution in [0.25, 0.3) is 22.3 Å². The van der Waals surface area contributed by atoms with E-state index in [0.717, 1.165) is 31.8 Å². The van der Waals surface area contributed by atoms with Crippen LogP contribution in [-0.2, 0) is 0 Å². The number of aryl methyl sites for hydroxylation is 2. The Kier molecular flexibility index (Phi) is 7.77. The number of aromatic nitrogens is 2. The summed E-state index contributed by atoms with van der Waals surface area (Å²) in [6.07, 6.45) is 1.55. The van der Waals surface area contributed by atoms with Gasteiger partial charge in [-0.1, -0.05) is 55.4 Å². The minimum absolute atomic E-state index is 0.216. The van der Waals surface area contributed by atoms with Crippen molar-refractivity contribution in [1.82, 2.24) is 9.66 Å². The van der Waals surface area contributed by atoms with Crippen molar-refractivity contribution in [2.24, 2.45) is 5.10 Å². The highest BCUT2D eigenvalue weighted by Gasteiger charge is 2.18. The van der Waals surface area contributed by atoms with Gasteiger partial charge in [-0.15, -0.1) is 0 Å². The number of furan rings is 1. The van der Waals surface area contributed by atoms with Gasteiger partial charge >= 0.3 is 0 Å². The predicted octanol–water partition coefficient (Wildman–Crippen LogP) is 8.20. The number of benzene rings is 3. The number of nitrogens with zero attached hydrogens (tertiary/aromatic N) is 3. The zero-order chi connectivity index (χ0) is 27.7. The van der Waals surface area contributed by atoms with Crippen molar-refractivity contribution in [2.75, 3.05) is 7.11 Å². The minimum atomic E-state index is -0.256. The second-order valence-electron chi connectivity index (χ2n) is 9.58. The molecule has 0 atom stereocenters. The van der Waals surface area contributed by atoms with Gasteiger partial charge in [0.25, 0.3) is 5.56 Å². The molecule has 39 heavy (non-hydrogen) atoms. The van der Waals surface area contributed by atoms with Gasteiger partial charge in [-0.2, -0.15) is 9.78 Å². The highest BCUT2D eigenvalue weighted by Crippen LogP contribution is 2.36. The van der Waals surface area contributed by atoms with Crippen LogP contribution in [0.5, 0.6) is 5.75 Å². The molecule has 0 saturated heterocycles. The van der Waals surface area contributed by atoms with Gasteiger partial charge in [0.1, 0.15) is 11.5 Å².